The van der Waals surface area contributed by atoms with Gasteiger partial charge in [0.05, 0.1) is 7.11 Å². The summed E-state index contributed by atoms with van der Waals surface area (Å²) in [6.07, 6.45) is 1.33. The molecule has 2 atom stereocenters. The van der Waals surface area contributed by atoms with Crippen LogP contribution in [-0.2, 0) is 16.1 Å². The largest absolute Gasteiger partial charge is 0.497 e. The van der Waals surface area contributed by atoms with Gasteiger partial charge in [-0.05, 0) is 56.0 Å². The van der Waals surface area contributed by atoms with Crippen molar-refractivity contribution < 1.29 is 19.1 Å². The molecule has 0 saturated carbocycles. The molecule has 0 heterocycles. The highest BCUT2D eigenvalue weighted by molar-refractivity contribution is 5.88. The lowest BCUT2D eigenvalue weighted by Gasteiger charge is -2.31. The van der Waals surface area contributed by atoms with Crippen molar-refractivity contribution in [2.45, 2.75) is 59.2 Å². The van der Waals surface area contributed by atoms with Gasteiger partial charge in [0.15, 0.2) is 6.61 Å². The topological polar surface area (TPSA) is 67.9 Å². The van der Waals surface area contributed by atoms with Gasteiger partial charge in [-0.1, -0.05) is 44.2 Å². The summed E-state index contributed by atoms with van der Waals surface area (Å²) in [4.78, 5) is 27.8. The number of benzene rings is 2. The average Bonchev–Trinajstić information content (AvgIpc) is 2.78. The maximum absolute atomic E-state index is 13.2. The summed E-state index contributed by atoms with van der Waals surface area (Å²) < 4.78 is 11.0. The van der Waals surface area contributed by atoms with E-state index in [4.69, 9.17) is 9.47 Å². The molecule has 0 spiro atoms. The van der Waals surface area contributed by atoms with Crippen LogP contribution in [0.2, 0.25) is 0 Å². The fourth-order valence-electron chi connectivity index (χ4n) is 3.23. The molecular formula is C25H34N2O4. The van der Waals surface area contributed by atoms with Gasteiger partial charge in [0.1, 0.15) is 17.5 Å². The third-order valence-corrected chi connectivity index (χ3v) is 5.34. The molecule has 2 rings (SSSR count). The van der Waals surface area contributed by atoms with E-state index < -0.39 is 6.04 Å². The maximum Gasteiger partial charge on any atom is 0.261 e. The van der Waals surface area contributed by atoms with Crippen LogP contribution in [0, 0.1) is 6.92 Å². The summed E-state index contributed by atoms with van der Waals surface area (Å²) in [6.45, 7) is 8.00. The molecule has 0 unspecified atom stereocenters. The first kappa shape index (κ1) is 24.3. The van der Waals surface area contributed by atoms with Crippen LogP contribution in [0.3, 0.4) is 0 Å². The molecule has 31 heavy (non-hydrogen) atoms. The van der Waals surface area contributed by atoms with Gasteiger partial charge in [0.2, 0.25) is 5.91 Å². The molecule has 1 N–H and O–H groups in total. The van der Waals surface area contributed by atoms with Gasteiger partial charge in [-0.3, -0.25) is 9.59 Å². The van der Waals surface area contributed by atoms with E-state index in [0.717, 1.165) is 23.3 Å². The van der Waals surface area contributed by atoms with Crippen LogP contribution in [-0.4, -0.2) is 42.5 Å². The minimum Gasteiger partial charge on any atom is -0.497 e. The quantitative estimate of drug-likeness (QED) is 0.587. The molecule has 168 valence electrons. The maximum atomic E-state index is 13.2. The van der Waals surface area contributed by atoms with Gasteiger partial charge >= 0.3 is 0 Å². The predicted octanol–water partition coefficient (Wildman–Crippen LogP) is 4.10. The number of nitrogens with zero attached hydrogens (tertiary/aromatic N) is 1. The smallest absolute Gasteiger partial charge is 0.261 e. The van der Waals surface area contributed by atoms with Crippen LogP contribution >= 0.6 is 0 Å². The van der Waals surface area contributed by atoms with Gasteiger partial charge in [0, 0.05) is 12.6 Å². The molecule has 0 bridgehead atoms. The highest BCUT2D eigenvalue weighted by atomic mass is 16.5. The first-order valence-electron chi connectivity index (χ1n) is 10.8. The van der Waals surface area contributed by atoms with E-state index in [9.17, 15) is 9.59 Å². The normalized spacial score (nSPS) is 12.5. The highest BCUT2D eigenvalue weighted by Crippen LogP contribution is 2.19. The van der Waals surface area contributed by atoms with Crippen LogP contribution in [0.4, 0.5) is 0 Å². The van der Waals surface area contributed by atoms with Crippen molar-refractivity contribution in [2.75, 3.05) is 13.7 Å². The van der Waals surface area contributed by atoms with E-state index >= 15 is 0 Å². The number of rotatable bonds is 11. The van der Waals surface area contributed by atoms with Gasteiger partial charge in [0.25, 0.3) is 5.91 Å². The summed E-state index contributed by atoms with van der Waals surface area (Å²) in [6, 6.07) is 14.5. The lowest BCUT2D eigenvalue weighted by molar-refractivity contribution is -0.143. The average molecular weight is 427 g/mol. The Balaban J connectivity index is 2.22. The Bertz CT molecular complexity index is 851. The second kappa shape index (κ2) is 12.0. The van der Waals surface area contributed by atoms with E-state index in [1.54, 1.807) is 12.0 Å². The molecule has 6 heteroatoms. The number of hydrogen-bond donors (Lipinski definition) is 1. The summed E-state index contributed by atoms with van der Waals surface area (Å²) in [5.74, 6) is 1.03. The monoisotopic (exact) mass is 426 g/mol. The van der Waals surface area contributed by atoms with Crippen molar-refractivity contribution in [3.8, 4) is 11.5 Å². The van der Waals surface area contributed by atoms with E-state index in [-0.39, 0.29) is 24.5 Å². The van der Waals surface area contributed by atoms with Crippen molar-refractivity contribution in [1.29, 1.82) is 0 Å². The molecular weight excluding hydrogens is 392 g/mol. The van der Waals surface area contributed by atoms with Crippen molar-refractivity contribution in [2.24, 2.45) is 0 Å². The van der Waals surface area contributed by atoms with Gasteiger partial charge in [-0.15, -0.1) is 0 Å². The number of methoxy groups -OCH3 is 1. The molecule has 0 aromatic heterocycles. The van der Waals surface area contributed by atoms with Crippen LogP contribution in [0.25, 0.3) is 0 Å². The Morgan fingerprint density at radius 1 is 1.03 bits per heavy atom. The third-order valence-electron chi connectivity index (χ3n) is 5.34. The molecule has 2 aromatic rings. The number of carbonyl (C=O) groups excluding carboxylic acids is 2. The molecule has 2 amide bonds. The van der Waals surface area contributed by atoms with Gasteiger partial charge in [-0.25, -0.2) is 0 Å². The van der Waals surface area contributed by atoms with E-state index in [1.807, 2.05) is 76.2 Å². The van der Waals surface area contributed by atoms with Crippen LogP contribution < -0.4 is 14.8 Å². The number of amides is 2. The van der Waals surface area contributed by atoms with Crippen LogP contribution in [0.15, 0.2) is 48.5 Å². The Labute approximate surface area is 185 Å². The number of aryl methyl sites for hydroxylation is 1. The number of carbonyl (C=O) groups is 2. The van der Waals surface area contributed by atoms with Crippen molar-refractivity contribution in [1.82, 2.24) is 10.2 Å². The first-order chi connectivity index (χ1) is 14.9. The zero-order valence-electron chi connectivity index (χ0n) is 19.2. The fourth-order valence-corrected chi connectivity index (χ4v) is 3.23. The molecule has 0 aliphatic heterocycles. The minimum absolute atomic E-state index is 0.0442. The molecule has 0 fully saturated rings. The summed E-state index contributed by atoms with van der Waals surface area (Å²) in [5, 5.41) is 3.01. The molecule has 0 radical (unpaired) electrons. The Kier molecular flexibility index (Phi) is 9.38. The number of ether oxygens (including phenoxy) is 2. The molecule has 0 aliphatic rings. The van der Waals surface area contributed by atoms with Crippen molar-refractivity contribution in [3.63, 3.8) is 0 Å². The zero-order valence-corrected chi connectivity index (χ0v) is 19.2. The van der Waals surface area contributed by atoms with E-state index in [1.165, 1.54) is 0 Å². The first-order valence-corrected chi connectivity index (χ1v) is 10.8. The lowest BCUT2D eigenvalue weighted by atomic mass is 10.1. The van der Waals surface area contributed by atoms with Crippen molar-refractivity contribution in [3.05, 3.63) is 59.7 Å². The third kappa shape index (κ3) is 7.02. The molecule has 2 aromatic carbocycles. The van der Waals surface area contributed by atoms with Gasteiger partial charge < -0.3 is 19.7 Å². The zero-order chi connectivity index (χ0) is 22.8. The summed E-state index contributed by atoms with van der Waals surface area (Å²) in [5.41, 5.74) is 1.87. The second-order valence-electron chi connectivity index (χ2n) is 7.67. The molecule has 6 nitrogen and oxygen atoms in total. The highest BCUT2D eigenvalue weighted by Gasteiger charge is 2.29. The summed E-state index contributed by atoms with van der Waals surface area (Å²) in [7, 11) is 1.61. The predicted molar refractivity (Wildman–Crippen MR) is 122 cm³/mol. The Morgan fingerprint density at radius 2 is 1.71 bits per heavy atom. The van der Waals surface area contributed by atoms with Crippen LogP contribution in [0.1, 0.15) is 44.7 Å². The Morgan fingerprint density at radius 3 is 2.29 bits per heavy atom. The molecule has 0 saturated heterocycles. The number of hydrogen-bond acceptors (Lipinski definition) is 4. The SMILES string of the molecule is CC[C@@H](C)NC(=O)[C@@H](CC)N(Cc1ccc(OC)cc1)C(=O)COc1ccccc1C. The molecule has 0 aliphatic carbocycles. The summed E-state index contributed by atoms with van der Waals surface area (Å²) >= 11 is 0. The van der Waals surface area contributed by atoms with E-state index in [2.05, 4.69) is 5.32 Å². The number of nitrogens with one attached hydrogen (secondary N) is 1. The second-order valence-corrected chi connectivity index (χ2v) is 7.67. The van der Waals surface area contributed by atoms with Gasteiger partial charge in [-0.2, -0.15) is 0 Å². The van der Waals surface area contributed by atoms with E-state index in [0.29, 0.717) is 18.7 Å². The minimum atomic E-state index is -0.580. The number of para-hydroxylation sites is 1. The van der Waals surface area contributed by atoms with Crippen LogP contribution in [0.5, 0.6) is 11.5 Å². The Hall–Kier alpha value is -3.02. The fraction of sp³-hybridized carbons (Fsp3) is 0.440. The standard InChI is InChI=1S/C25H34N2O4/c1-6-19(4)26-25(29)22(7-2)27(16-20-12-14-21(30-5)15-13-20)24(28)17-31-23-11-9-8-10-18(23)3/h8-15,19,22H,6-7,16-17H2,1-5H3,(H,26,29)/t19-,22-/m1/s1. The lowest BCUT2D eigenvalue weighted by Crippen LogP contribution is -2.51. The van der Waals surface area contributed by atoms with Crippen molar-refractivity contribution >= 4 is 11.8 Å².